The maximum Gasteiger partial charge on any atom is 0.306 e. The standard InChI is InChI=1S/C49H91NO7/c1-6-8-10-12-14-16-18-20-21-22-23-24-25-26-27-28-30-31-33-35-37-39-47(51)56-44-45(43-55-42-41-46(49(53)54)50(3,4)5)57-48(52)40-38-36-34-32-29-19-17-15-13-11-9-7-2/h9,11,15,17,45-46H,6-8,10,12-14,16,18-44H2,1-5H3/b11-9+,17-15+. The molecule has 0 aromatic carbocycles. The molecule has 0 fully saturated rings. The molecule has 0 aliphatic carbocycles. The summed E-state index contributed by atoms with van der Waals surface area (Å²) in [5, 5.41) is 11.6. The Bertz CT molecular complexity index is 989. The minimum absolute atomic E-state index is 0.0387. The highest BCUT2D eigenvalue weighted by molar-refractivity contribution is 5.70. The van der Waals surface area contributed by atoms with E-state index in [0.717, 1.165) is 70.6 Å². The molecule has 0 aromatic heterocycles. The molecule has 0 saturated carbocycles. The van der Waals surface area contributed by atoms with Gasteiger partial charge in [-0.15, -0.1) is 0 Å². The quantitative estimate of drug-likeness (QED) is 0.0262. The molecule has 0 aliphatic rings. The summed E-state index contributed by atoms with van der Waals surface area (Å²) in [5.74, 6) is -1.74. The van der Waals surface area contributed by atoms with Crippen LogP contribution >= 0.6 is 0 Å². The van der Waals surface area contributed by atoms with Crippen molar-refractivity contribution in [3.8, 4) is 0 Å². The number of nitrogens with zero attached hydrogens (tertiary/aromatic N) is 1. The van der Waals surface area contributed by atoms with Crippen LogP contribution in [0.5, 0.6) is 0 Å². The van der Waals surface area contributed by atoms with Gasteiger partial charge in [-0.2, -0.15) is 0 Å². The number of carboxylic acid groups (broad SMARTS) is 1. The molecule has 0 radical (unpaired) electrons. The summed E-state index contributed by atoms with van der Waals surface area (Å²) < 4.78 is 17.2. The highest BCUT2D eigenvalue weighted by Crippen LogP contribution is 2.16. The van der Waals surface area contributed by atoms with Gasteiger partial charge in [-0.05, 0) is 38.5 Å². The van der Waals surface area contributed by atoms with E-state index in [0.29, 0.717) is 12.8 Å². The van der Waals surface area contributed by atoms with Crippen LogP contribution in [0.3, 0.4) is 0 Å². The third-order valence-corrected chi connectivity index (χ3v) is 10.9. The molecule has 57 heavy (non-hydrogen) atoms. The number of quaternary nitrogens is 1. The first-order valence-corrected chi connectivity index (χ1v) is 23.9. The predicted octanol–water partition coefficient (Wildman–Crippen LogP) is 11.9. The molecule has 0 heterocycles. The van der Waals surface area contributed by atoms with Crippen LogP contribution in [0.15, 0.2) is 24.3 Å². The number of carbonyl (C=O) groups excluding carboxylic acids is 3. The Morgan fingerprint density at radius 2 is 0.982 bits per heavy atom. The zero-order chi connectivity index (χ0) is 42.1. The normalized spacial score (nSPS) is 13.1. The van der Waals surface area contributed by atoms with Gasteiger partial charge in [0, 0.05) is 19.3 Å². The molecule has 2 unspecified atom stereocenters. The summed E-state index contributed by atoms with van der Waals surface area (Å²) in [6, 6.07) is -0.725. The highest BCUT2D eigenvalue weighted by atomic mass is 16.6. The Balaban J connectivity index is 4.18. The second-order valence-electron chi connectivity index (χ2n) is 17.3. The van der Waals surface area contributed by atoms with Crippen molar-refractivity contribution >= 4 is 17.9 Å². The molecule has 0 N–H and O–H groups in total. The lowest BCUT2D eigenvalue weighted by Crippen LogP contribution is -2.55. The van der Waals surface area contributed by atoms with Crippen molar-refractivity contribution in [2.45, 2.75) is 231 Å². The van der Waals surface area contributed by atoms with Crippen LogP contribution < -0.4 is 5.11 Å². The van der Waals surface area contributed by atoms with Crippen LogP contribution in [0.1, 0.15) is 219 Å². The van der Waals surface area contributed by atoms with Crippen molar-refractivity contribution in [1.82, 2.24) is 0 Å². The van der Waals surface area contributed by atoms with Crippen LogP contribution in [0.25, 0.3) is 0 Å². The van der Waals surface area contributed by atoms with Crippen LogP contribution in [-0.4, -0.2) is 75.5 Å². The summed E-state index contributed by atoms with van der Waals surface area (Å²) in [5.41, 5.74) is 0. The number of hydrogen-bond acceptors (Lipinski definition) is 7. The molecular weight excluding hydrogens is 715 g/mol. The average molecular weight is 806 g/mol. The van der Waals surface area contributed by atoms with Crippen molar-refractivity contribution in [3.05, 3.63) is 24.3 Å². The van der Waals surface area contributed by atoms with Crippen molar-refractivity contribution in [3.63, 3.8) is 0 Å². The van der Waals surface area contributed by atoms with E-state index in [9.17, 15) is 19.5 Å². The van der Waals surface area contributed by atoms with E-state index in [-0.39, 0.29) is 42.7 Å². The first kappa shape index (κ1) is 54.8. The van der Waals surface area contributed by atoms with E-state index in [4.69, 9.17) is 14.2 Å². The molecule has 8 nitrogen and oxygen atoms in total. The maximum atomic E-state index is 12.7. The monoisotopic (exact) mass is 806 g/mol. The second-order valence-corrected chi connectivity index (χ2v) is 17.3. The van der Waals surface area contributed by atoms with E-state index >= 15 is 0 Å². The number of esters is 2. The lowest BCUT2D eigenvalue weighted by atomic mass is 10.0. The van der Waals surface area contributed by atoms with Crippen molar-refractivity contribution < 1.29 is 38.2 Å². The van der Waals surface area contributed by atoms with Gasteiger partial charge in [0.2, 0.25) is 0 Å². The van der Waals surface area contributed by atoms with Gasteiger partial charge < -0.3 is 28.6 Å². The van der Waals surface area contributed by atoms with Gasteiger partial charge in [0.1, 0.15) is 12.6 Å². The second kappa shape index (κ2) is 40.6. The van der Waals surface area contributed by atoms with Gasteiger partial charge in [0.05, 0.1) is 40.3 Å². The summed E-state index contributed by atoms with van der Waals surface area (Å²) in [6.07, 6.45) is 45.0. The van der Waals surface area contributed by atoms with E-state index < -0.39 is 18.1 Å². The highest BCUT2D eigenvalue weighted by Gasteiger charge is 2.25. The SMILES string of the molecule is CC/C=C/C/C=C/CCCCCCCC(=O)OC(COCCC(C(=O)[O-])[N+](C)(C)C)COC(=O)CCCCCCCCCCCCCCCCCCCCCCC. The number of ether oxygens (including phenoxy) is 3. The summed E-state index contributed by atoms with van der Waals surface area (Å²) >= 11 is 0. The lowest BCUT2D eigenvalue weighted by Gasteiger charge is -2.34. The Kier molecular flexibility index (Phi) is 39.0. The fourth-order valence-electron chi connectivity index (χ4n) is 7.17. The zero-order valence-electron chi connectivity index (χ0n) is 38.0. The van der Waals surface area contributed by atoms with Gasteiger partial charge in [-0.25, -0.2) is 0 Å². The fraction of sp³-hybridized carbons (Fsp3) is 0.857. The van der Waals surface area contributed by atoms with Crippen molar-refractivity contribution in [1.29, 1.82) is 0 Å². The number of carbonyl (C=O) groups is 3. The molecule has 0 bridgehead atoms. The molecule has 0 aliphatic heterocycles. The number of likely N-dealkylation sites (N-methyl/N-ethyl adjacent to an activating group) is 1. The Labute approximate surface area is 351 Å². The predicted molar refractivity (Wildman–Crippen MR) is 236 cm³/mol. The smallest absolute Gasteiger partial charge is 0.306 e. The first-order chi connectivity index (χ1) is 27.6. The van der Waals surface area contributed by atoms with Crippen LogP contribution in [0.4, 0.5) is 0 Å². The van der Waals surface area contributed by atoms with Crippen LogP contribution in [0.2, 0.25) is 0 Å². The third kappa shape index (κ3) is 39.1. The van der Waals surface area contributed by atoms with E-state index in [1.165, 1.54) is 116 Å². The zero-order valence-corrected chi connectivity index (χ0v) is 38.0. The Morgan fingerprint density at radius 3 is 1.44 bits per heavy atom. The number of hydrogen-bond donors (Lipinski definition) is 0. The molecule has 0 saturated heterocycles. The van der Waals surface area contributed by atoms with Gasteiger partial charge in [-0.1, -0.05) is 186 Å². The molecule has 2 atom stereocenters. The molecule has 0 spiro atoms. The van der Waals surface area contributed by atoms with E-state index in [1.54, 1.807) is 21.1 Å². The minimum Gasteiger partial charge on any atom is -0.544 e. The number of aliphatic carboxylic acids is 1. The van der Waals surface area contributed by atoms with E-state index in [1.807, 2.05) is 0 Å². The topological polar surface area (TPSA) is 102 Å². The van der Waals surface area contributed by atoms with Crippen molar-refractivity contribution in [2.75, 3.05) is 41.0 Å². The fourth-order valence-corrected chi connectivity index (χ4v) is 7.17. The van der Waals surface area contributed by atoms with Crippen LogP contribution in [0, 0.1) is 0 Å². The molecule has 0 rings (SSSR count). The minimum atomic E-state index is -1.13. The summed E-state index contributed by atoms with van der Waals surface area (Å²) in [4.78, 5) is 36.9. The number of allylic oxidation sites excluding steroid dienone is 4. The maximum absolute atomic E-state index is 12.7. The molecule has 334 valence electrons. The van der Waals surface area contributed by atoms with E-state index in [2.05, 4.69) is 38.2 Å². The third-order valence-electron chi connectivity index (χ3n) is 10.9. The lowest BCUT2D eigenvalue weighted by molar-refractivity contribution is -0.889. The molecule has 0 amide bonds. The van der Waals surface area contributed by atoms with Gasteiger partial charge >= 0.3 is 11.9 Å². The molecule has 8 heteroatoms. The average Bonchev–Trinajstić information content (AvgIpc) is 3.17. The van der Waals surface area contributed by atoms with Crippen molar-refractivity contribution in [2.24, 2.45) is 0 Å². The number of unbranched alkanes of at least 4 members (excludes halogenated alkanes) is 25. The van der Waals surface area contributed by atoms with Gasteiger partial charge in [-0.3, -0.25) is 9.59 Å². The number of rotatable bonds is 43. The molecule has 0 aromatic rings. The summed E-state index contributed by atoms with van der Waals surface area (Å²) in [6.45, 7) is 4.56. The largest absolute Gasteiger partial charge is 0.544 e. The first-order valence-electron chi connectivity index (χ1n) is 23.9. The summed E-state index contributed by atoms with van der Waals surface area (Å²) in [7, 11) is 5.41. The Hall–Kier alpha value is -2.19. The van der Waals surface area contributed by atoms with Gasteiger partial charge in [0.25, 0.3) is 0 Å². The Morgan fingerprint density at radius 1 is 0.544 bits per heavy atom. The molecular formula is C49H91NO7. The number of carboxylic acids is 1. The van der Waals surface area contributed by atoms with Gasteiger partial charge in [0.15, 0.2) is 6.10 Å². The van der Waals surface area contributed by atoms with Crippen LogP contribution in [-0.2, 0) is 28.6 Å².